The number of benzene rings is 1. The third-order valence-electron chi connectivity index (χ3n) is 5.78. The molecule has 5 rings (SSSR count). The largest absolute Gasteiger partial charge is 1.00 e. The molecule has 0 saturated heterocycles. The second kappa shape index (κ2) is 5.32. The lowest BCUT2D eigenvalue weighted by atomic mass is 9.52. The van der Waals surface area contributed by atoms with Crippen molar-refractivity contribution >= 4 is 0 Å². The first-order valence-electron chi connectivity index (χ1n) is 7.81. The molecule has 2 atom stereocenters. The summed E-state index contributed by atoms with van der Waals surface area (Å²) < 4.78 is 0. The van der Waals surface area contributed by atoms with Crippen LogP contribution in [0.3, 0.4) is 0 Å². The number of aliphatic hydroxyl groups is 1. The fourth-order valence-electron chi connectivity index (χ4n) is 5.29. The number of hydrogen-bond donors (Lipinski definition) is 2. The molecular formula is C17H24ClNO. The van der Waals surface area contributed by atoms with Gasteiger partial charge in [-0.3, -0.25) is 0 Å². The molecule has 0 aliphatic heterocycles. The van der Waals surface area contributed by atoms with Crippen molar-refractivity contribution in [2.75, 3.05) is 0 Å². The first-order valence-corrected chi connectivity index (χ1v) is 7.81. The summed E-state index contributed by atoms with van der Waals surface area (Å²) in [6.45, 7) is 1.10. The highest BCUT2D eigenvalue weighted by atomic mass is 35.5. The van der Waals surface area contributed by atoms with Crippen LogP contribution < -0.4 is 17.7 Å². The Balaban J connectivity index is 0.00000121. The van der Waals surface area contributed by atoms with Crippen molar-refractivity contribution in [1.82, 2.24) is 0 Å². The fraction of sp³-hybridized carbons (Fsp3) is 0.647. The maximum atomic E-state index is 10.6. The van der Waals surface area contributed by atoms with E-state index in [9.17, 15) is 5.11 Å². The van der Waals surface area contributed by atoms with Gasteiger partial charge in [-0.1, -0.05) is 30.3 Å². The molecule has 4 aliphatic carbocycles. The summed E-state index contributed by atoms with van der Waals surface area (Å²) in [6, 6.07) is 11.5. The highest BCUT2D eigenvalue weighted by Gasteiger charge is 2.56. The van der Waals surface area contributed by atoms with Crippen LogP contribution in [0.4, 0.5) is 0 Å². The molecule has 4 fully saturated rings. The molecule has 4 saturated carbocycles. The summed E-state index contributed by atoms with van der Waals surface area (Å²) in [4.78, 5) is 0. The van der Waals surface area contributed by atoms with Crippen molar-refractivity contribution < 1.29 is 22.8 Å². The molecule has 3 heteroatoms. The van der Waals surface area contributed by atoms with Crippen LogP contribution >= 0.6 is 0 Å². The van der Waals surface area contributed by atoms with Crippen molar-refractivity contribution in [3.05, 3.63) is 35.9 Å². The first-order chi connectivity index (χ1) is 9.22. The molecule has 4 bridgehead atoms. The van der Waals surface area contributed by atoms with E-state index in [0.717, 1.165) is 49.6 Å². The minimum atomic E-state index is -0.284. The van der Waals surface area contributed by atoms with E-state index < -0.39 is 0 Å². The SMILES string of the molecule is OC12CC3CC(C1)C([NH2+]Cc1ccccc1)C(C3)C2.[Cl-]. The number of rotatable bonds is 3. The monoisotopic (exact) mass is 293 g/mol. The normalized spacial score (nSPS) is 41.5. The van der Waals surface area contributed by atoms with Crippen LogP contribution in [-0.2, 0) is 6.54 Å². The van der Waals surface area contributed by atoms with Gasteiger partial charge in [-0.05, 0) is 38.0 Å². The Bertz CT molecular complexity index is 447. The van der Waals surface area contributed by atoms with Gasteiger partial charge in [0.2, 0.25) is 0 Å². The molecule has 2 nitrogen and oxygen atoms in total. The Morgan fingerprint density at radius 2 is 1.70 bits per heavy atom. The van der Waals surface area contributed by atoms with Gasteiger partial charge >= 0.3 is 0 Å². The van der Waals surface area contributed by atoms with E-state index in [-0.39, 0.29) is 18.0 Å². The minimum Gasteiger partial charge on any atom is -1.00 e. The molecule has 4 aliphatic rings. The van der Waals surface area contributed by atoms with Crippen molar-refractivity contribution in [1.29, 1.82) is 0 Å². The van der Waals surface area contributed by atoms with Crippen LogP contribution in [0.5, 0.6) is 0 Å². The first kappa shape index (κ1) is 14.4. The summed E-state index contributed by atoms with van der Waals surface area (Å²) in [5, 5.41) is 13.2. The van der Waals surface area contributed by atoms with Crippen LogP contribution in [0.15, 0.2) is 30.3 Å². The summed E-state index contributed by atoms with van der Waals surface area (Å²) in [7, 11) is 0. The highest BCUT2D eigenvalue weighted by Crippen LogP contribution is 2.54. The summed E-state index contributed by atoms with van der Waals surface area (Å²) in [5.74, 6) is 2.35. The van der Waals surface area contributed by atoms with Gasteiger partial charge in [0, 0.05) is 17.4 Å². The van der Waals surface area contributed by atoms with Crippen molar-refractivity contribution in [3.63, 3.8) is 0 Å². The van der Waals surface area contributed by atoms with E-state index in [2.05, 4.69) is 35.6 Å². The highest BCUT2D eigenvalue weighted by molar-refractivity contribution is 5.13. The zero-order valence-corrected chi connectivity index (χ0v) is 12.6. The summed E-state index contributed by atoms with van der Waals surface area (Å²) >= 11 is 0. The van der Waals surface area contributed by atoms with Gasteiger partial charge < -0.3 is 22.8 Å². The van der Waals surface area contributed by atoms with Gasteiger partial charge in [-0.2, -0.15) is 0 Å². The molecule has 1 aromatic rings. The molecule has 3 N–H and O–H groups in total. The topological polar surface area (TPSA) is 36.8 Å². The molecule has 2 unspecified atom stereocenters. The van der Waals surface area contributed by atoms with Crippen LogP contribution in [0.1, 0.15) is 37.7 Å². The molecule has 0 aromatic heterocycles. The number of nitrogens with two attached hydrogens (primary N) is 1. The van der Waals surface area contributed by atoms with Crippen molar-refractivity contribution in [2.45, 2.75) is 50.3 Å². The van der Waals surface area contributed by atoms with Gasteiger partial charge in [-0.15, -0.1) is 0 Å². The maximum absolute atomic E-state index is 10.6. The zero-order chi connectivity index (χ0) is 12.9. The smallest absolute Gasteiger partial charge is 0.101 e. The molecule has 0 amide bonds. The van der Waals surface area contributed by atoms with E-state index >= 15 is 0 Å². The molecule has 110 valence electrons. The van der Waals surface area contributed by atoms with Gasteiger partial charge in [0.15, 0.2) is 0 Å². The predicted molar refractivity (Wildman–Crippen MR) is 74.4 cm³/mol. The molecule has 0 heterocycles. The predicted octanol–water partition coefficient (Wildman–Crippen LogP) is -1.31. The Kier molecular flexibility index (Phi) is 3.83. The standard InChI is InChI=1S/C17H23NO.ClH/c19-17-8-13-6-14(9-17)16(15(7-13)10-17)18-11-12-4-2-1-3-5-12;/h1-5,13-16,18-19H,6-11H2;1H. The Labute approximate surface area is 127 Å². The zero-order valence-electron chi connectivity index (χ0n) is 11.8. The van der Waals surface area contributed by atoms with Crippen LogP contribution in [0, 0.1) is 17.8 Å². The van der Waals surface area contributed by atoms with E-state index in [1.165, 1.54) is 18.4 Å². The van der Waals surface area contributed by atoms with Gasteiger partial charge in [0.05, 0.1) is 11.6 Å². The maximum Gasteiger partial charge on any atom is 0.101 e. The average molecular weight is 294 g/mol. The molecule has 1 aromatic carbocycles. The van der Waals surface area contributed by atoms with E-state index in [1.54, 1.807) is 0 Å². The second-order valence-corrected chi connectivity index (χ2v) is 7.20. The van der Waals surface area contributed by atoms with Crippen molar-refractivity contribution in [2.24, 2.45) is 17.8 Å². The quantitative estimate of drug-likeness (QED) is 0.714. The minimum absolute atomic E-state index is 0. The average Bonchev–Trinajstić information content (AvgIpc) is 2.37. The summed E-state index contributed by atoms with van der Waals surface area (Å²) in [6.07, 6.45) is 5.96. The lowest BCUT2D eigenvalue weighted by Gasteiger charge is -2.56. The summed E-state index contributed by atoms with van der Waals surface area (Å²) in [5.41, 5.74) is 1.14. The fourth-order valence-corrected chi connectivity index (χ4v) is 5.29. The van der Waals surface area contributed by atoms with Crippen molar-refractivity contribution in [3.8, 4) is 0 Å². The third kappa shape index (κ3) is 2.49. The van der Waals surface area contributed by atoms with E-state index in [0.29, 0.717) is 0 Å². The Morgan fingerprint density at radius 3 is 2.30 bits per heavy atom. The van der Waals surface area contributed by atoms with Gasteiger partial charge in [0.1, 0.15) is 6.54 Å². The number of hydrogen-bond acceptors (Lipinski definition) is 1. The molecule has 0 radical (unpaired) electrons. The molecular weight excluding hydrogens is 270 g/mol. The second-order valence-electron chi connectivity index (χ2n) is 7.20. The lowest BCUT2D eigenvalue weighted by Crippen LogP contribution is -3.00. The van der Waals surface area contributed by atoms with Crippen LogP contribution in [-0.4, -0.2) is 16.7 Å². The van der Waals surface area contributed by atoms with Crippen LogP contribution in [0.2, 0.25) is 0 Å². The molecule has 20 heavy (non-hydrogen) atoms. The number of quaternary nitrogens is 1. The van der Waals surface area contributed by atoms with Gasteiger partial charge in [0.25, 0.3) is 0 Å². The Hall–Kier alpha value is -0.570. The molecule has 0 spiro atoms. The number of halogens is 1. The van der Waals surface area contributed by atoms with Crippen LogP contribution in [0.25, 0.3) is 0 Å². The third-order valence-corrected chi connectivity index (χ3v) is 5.78. The van der Waals surface area contributed by atoms with E-state index in [1.807, 2.05) is 0 Å². The van der Waals surface area contributed by atoms with E-state index in [4.69, 9.17) is 0 Å². The lowest BCUT2D eigenvalue weighted by molar-refractivity contribution is -0.724. The van der Waals surface area contributed by atoms with Gasteiger partial charge in [-0.25, -0.2) is 0 Å². The Morgan fingerprint density at radius 1 is 1.05 bits per heavy atom.